The number of pyridine rings is 1. The van der Waals surface area contributed by atoms with E-state index < -0.39 is 5.97 Å². The molecule has 1 aromatic carbocycles. The molecule has 0 atom stereocenters. The lowest BCUT2D eigenvalue weighted by molar-refractivity contribution is 0.0506. The molecule has 0 aliphatic carbocycles. The molecule has 7 heteroatoms. The minimum absolute atomic E-state index is 0.305. The number of ether oxygens (including phenoxy) is 1. The highest BCUT2D eigenvalue weighted by atomic mass is 79.9. The molecule has 6 nitrogen and oxygen atoms in total. The number of halogens is 1. The maximum absolute atomic E-state index is 12.5. The summed E-state index contributed by atoms with van der Waals surface area (Å²) in [5, 5.41) is 2.77. The number of benzene rings is 1. The van der Waals surface area contributed by atoms with Gasteiger partial charge in [0.25, 0.3) is 5.91 Å². The van der Waals surface area contributed by atoms with Crippen LogP contribution < -0.4 is 5.32 Å². The lowest BCUT2D eigenvalue weighted by atomic mass is 10.1. The van der Waals surface area contributed by atoms with Crippen molar-refractivity contribution in [2.24, 2.45) is 0 Å². The summed E-state index contributed by atoms with van der Waals surface area (Å²) in [5.41, 5.74) is 1.92. The fourth-order valence-corrected chi connectivity index (χ4v) is 2.68. The van der Waals surface area contributed by atoms with Crippen molar-refractivity contribution in [2.75, 3.05) is 11.9 Å². The number of amides is 1. The van der Waals surface area contributed by atoms with Gasteiger partial charge in [-0.25, -0.2) is 9.78 Å². The molecule has 0 fully saturated rings. The SMILES string of the molecule is CCCOC(=O)c1cc(Br)ccc1NC(=O)c1ccc2nccn2c1. The van der Waals surface area contributed by atoms with Gasteiger partial charge in [-0.05, 0) is 36.8 Å². The Morgan fingerprint density at radius 2 is 2.12 bits per heavy atom. The van der Waals surface area contributed by atoms with Gasteiger partial charge in [0.2, 0.25) is 0 Å². The summed E-state index contributed by atoms with van der Waals surface area (Å²) in [7, 11) is 0. The van der Waals surface area contributed by atoms with Gasteiger partial charge in [-0.3, -0.25) is 4.79 Å². The van der Waals surface area contributed by atoms with Gasteiger partial charge in [0, 0.05) is 23.1 Å². The molecule has 0 radical (unpaired) electrons. The number of aromatic nitrogens is 2. The van der Waals surface area contributed by atoms with Gasteiger partial charge in [-0.15, -0.1) is 0 Å². The largest absolute Gasteiger partial charge is 0.462 e. The summed E-state index contributed by atoms with van der Waals surface area (Å²) in [5.74, 6) is -0.786. The zero-order chi connectivity index (χ0) is 17.8. The van der Waals surface area contributed by atoms with Crippen molar-refractivity contribution in [2.45, 2.75) is 13.3 Å². The summed E-state index contributed by atoms with van der Waals surface area (Å²) in [6, 6.07) is 8.50. The number of fused-ring (bicyclic) bond motifs is 1. The first-order valence-electron chi connectivity index (χ1n) is 7.79. The van der Waals surface area contributed by atoms with Gasteiger partial charge in [0.15, 0.2) is 0 Å². The van der Waals surface area contributed by atoms with Crippen LogP contribution in [0.25, 0.3) is 5.65 Å². The Morgan fingerprint density at radius 3 is 2.92 bits per heavy atom. The lowest BCUT2D eigenvalue weighted by Gasteiger charge is -2.11. The van der Waals surface area contributed by atoms with Crippen LogP contribution in [-0.2, 0) is 4.74 Å². The molecule has 1 amide bonds. The molecule has 3 rings (SSSR count). The summed E-state index contributed by atoms with van der Waals surface area (Å²) in [6.07, 6.45) is 5.84. The Kier molecular flexibility index (Phi) is 5.14. The molecule has 0 aliphatic heterocycles. The number of anilines is 1. The van der Waals surface area contributed by atoms with Gasteiger partial charge in [-0.1, -0.05) is 22.9 Å². The quantitative estimate of drug-likeness (QED) is 0.657. The molecule has 1 N–H and O–H groups in total. The Labute approximate surface area is 153 Å². The molecular weight excluding hydrogens is 386 g/mol. The predicted octanol–water partition coefficient (Wildman–Crippen LogP) is 3.92. The van der Waals surface area contributed by atoms with Gasteiger partial charge in [-0.2, -0.15) is 0 Å². The second kappa shape index (κ2) is 7.48. The monoisotopic (exact) mass is 401 g/mol. The van der Waals surface area contributed by atoms with Crippen LogP contribution >= 0.6 is 15.9 Å². The van der Waals surface area contributed by atoms with E-state index in [1.807, 2.05) is 6.92 Å². The van der Waals surface area contributed by atoms with Crippen LogP contribution in [0.2, 0.25) is 0 Å². The van der Waals surface area contributed by atoms with Crippen LogP contribution in [-0.4, -0.2) is 27.9 Å². The van der Waals surface area contributed by atoms with E-state index in [2.05, 4.69) is 26.2 Å². The smallest absolute Gasteiger partial charge is 0.340 e. The average Bonchev–Trinajstić information content (AvgIpc) is 3.08. The van der Waals surface area contributed by atoms with Gasteiger partial charge >= 0.3 is 5.97 Å². The number of nitrogens with zero attached hydrogens (tertiary/aromatic N) is 2. The van der Waals surface area contributed by atoms with Crippen molar-refractivity contribution in [1.29, 1.82) is 0 Å². The van der Waals surface area contributed by atoms with E-state index in [0.717, 1.165) is 16.5 Å². The maximum Gasteiger partial charge on any atom is 0.340 e. The minimum Gasteiger partial charge on any atom is -0.462 e. The molecular formula is C18H16BrN3O3. The molecule has 0 unspecified atom stereocenters. The van der Waals surface area contributed by atoms with Crippen molar-refractivity contribution >= 4 is 39.1 Å². The molecule has 2 aromatic heterocycles. The molecule has 25 heavy (non-hydrogen) atoms. The molecule has 128 valence electrons. The Bertz CT molecular complexity index is 936. The second-order valence-corrected chi connectivity index (χ2v) is 6.31. The number of hydrogen-bond donors (Lipinski definition) is 1. The number of carbonyl (C=O) groups excluding carboxylic acids is 2. The first-order chi connectivity index (χ1) is 12.1. The minimum atomic E-state index is -0.469. The molecule has 0 saturated heterocycles. The van der Waals surface area contributed by atoms with Crippen molar-refractivity contribution in [1.82, 2.24) is 9.38 Å². The van der Waals surface area contributed by atoms with Crippen LogP contribution in [0.3, 0.4) is 0 Å². The zero-order valence-electron chi connectivity index (χ0n) is 13.5. The third-order valence-electron chi connectivity index (χ3n) is 3.54. The molecule has 0 saturated carbocycles. The maximum atomic E-state index is 12.5. The van der Waals surface area contributed by atoms with Crippen LogP contribution in [0.1, 0.15) is 34.1 Å². The third-order valence-corrected chi connectivity index (χ3v) is 4.03. The first kappa shape index (κ1) is 17.2. The highest BCUT2D eigenvalue weighted by molar-refractivity contribution is 9.10. The number of carbonyl (C=O) groups is 2. The fraction of sp³-hybridized carbons (Fsp3) is 0.167. The second-order valence-electron chi connectivity index (χ2n) is 5.39. The Hall–Kier alpha value is -2.67. The Balaban J connectivity index is 1.86. The molecule has 2 heterocycles. The first-order valence-corrected chi connectivity index (χ1v) is 8.58. The van der Waals surface area contributed by atoms with Crippen molar-refractivity contribution in [3.63, 3.8) is 0 Å². The third kappa shape index (κ3) is 3.88. The van der Waals surface area contributed by atoms with Crippen molar-refractivity contribution in [3.8, 4) is 0 Å². The van der Waals surface area contributed by atoms with E-state index in [1.165, 1.54) is 0 Å². The average molecular weight is 402 g/mol. The van der Waals surface area contributed by atoms with Crippen LogP contribution in [0, 0.1) is 0 Å². The van der Waals surface area contributed by atoms with Crippen LogP contribution in [0.15, 0.2) is 53.4 Å². The fourth-order valence-electron chi connectivity index (χ4n) is 2.32. The van der Waals surface area contributed by atoms with E-state index >= 15 is 0 Å². The van der Waals surface area contributed by atoms with E-state index in [-0.39, 0.29) is 5.91 Å². The molecule has 0 bridgehead atoms. The van der Waals surface area contributed by atoms with E-state index in [0.29, 0.717) is 23.4 Å². The van der Waals surface area contributed by atoms with Crippen molar-refractivity contribution < 1.29 is 14.3 Å². The normalized spacial score (nSPS) is 10.6. The number of imidazole rings is 1. The van der Waals surface area contributed by atoms with Crippen LogP contribution in [0.4, 0.5) is 5.69 Å². The van der Waals surface area contributed by atoms with Gasteiger partial charge in [0.1, 0.15) is 5.65 Å². The molecule has 0 spiro atoms. The lowest BCUT2D eigenvalue weighted by Crippen LogP contribution is -2.16. The number of esters is 1. The Morgan fingerprint density at radius 1 is 1.28 bits per heavy atom. The number of rotatable bonds is 5. The molecule has 0 aliphatic rings. The van der Waals surface area contributed by atoms with E-state index in [1.54, 1.807) is 53.3 Å². The van der Waals surface area contributed by atoms with Gasteiger partial charge in [0.05, 0.1) is 23.4 Å². The van der Waals surface area contributed by atoms with Crippen LogP contribution in [0.5, 0.6) is 0 Å². The predicted molar refractivity (Wildman–Crippen MR) is 97.9 cm³/mol. The van der Waals surface area contributed by atoms with Crippen molar-refractivity contribution in [3.05, 3.63) is 64.5 Å². The highest BCUT2D eigenvalue weighted by Gasteiger charge is 2.16. The summed E-state index contributed by atoms with van der Waals surface area (Å²) in [4.78, 5) is 28.9. The number of nitrogens with one attached hydrogen (secondary N) is 1. The standard InChI is InChI=1S/C18H16BrN3O3/c1-2-9-25-18(24)14-10-13(19)4-5-15(14)21-17(23)12-3-6-16-20-7-8-22(16)11-12/h3-8,10-11H,2,9H2,1H3,(H,21,23). The summed E-state index contributed by atoms with van der Waals surface area (Å²) >= 11 is 3.34. The van der Waals surface area contributed by atoms with E-state index in [9.17, 15) is 9.59 Å². The highest BCUT2D eigenvalue weighted by Crippen LogP contribution is 2.23. The topological polar surface area (TPSA) is 72.7 Å². The number of hydrogen-bond acceptors (Lipinski definition) is 4. The summed E-state index contributed by atoms with van der Waals surface area (Å²) < 4.78 is 7.67. The zero-order valence-corrected chi connectivity index (χ0v) is 15.1. The van der Waals surface area contributed by atoms with E-state index in [4.69, 9.17) is 4.74 Å². The summed E-state index contributed by atoms with van der Waals surface area (Å²) in [6.45, 7) is 2.25. The molecule has 3 aromatic rings. The van der Waals surface area contributed by atoms with Gasteiger partial charge < -0.3 is 14.5 Å².